The van der Waals surface area contributed by atoms with Gasteiger partial charge in [0.25, 0.3) is 0 Å². The quantitative estimate of drug-likeness (QED) is 0.735. The number of aryl methyl sites for hydroxylation is 1. The molecule has 0 aliphatic carbocycles. The molecule has 1 saturated heterocycles. The fourth-order valence-electron chi connectivity index (χ4n) is 3.68. The summed E-state index contributed by atoms with van der Waals surface area (Å²) in [7, 11) is 0. The number of nitrogens with two attached hydrogens (primary N) is 1. The Morgan fingerprint density at radius 3 is 3.12 bits per heavy atom. The van der Waals surface area contributed by atoms with Gasteiger partial charge in [0.2, 0.25) is 0 Å². The summed E-state index contributed by atoms with van der Waals surface area (Å²) >= 11 is 0. The summed E-state index contributed by atoms with van der Waals surface area (Å²) in [5, 5.41) is 0. The van der Waals surface area contributed by atoms with Crippen LogP contribution in [0.3, 0.4) is 0 Å². The molecule has 3 aromatic rings. The van der Waals surface area contributed by atoms with Gasteiger partial charge in [-0.2, -0.15) is 0 Å². The monoisotopic (exact) mass is 354 g/mol. The lowest BCUT2D eigenvalue weighted by atomic mass is 9.98. The number of nitrogens with zero attached hydrogens (tertiary/aromatic N) is 4. The largest absolute Gasteiger partial charge is 0.349 e. The number of aromatic amines is 1. The standard InChI is InChI=1S/C19H23FN6/c1-12(21)4-5-15-14(9-13(20)10-22-15)17-3-2-8-26(17)18-7-6-16-19(25-18)24-11-23-16/h6-7,9-12,17H,2-5,8,21H2,1H3,(H,23,24,25)/t12?,17-/m1/s1. The minimum atomic E-state index is -0.298. The summed E-state index contributed by atoms with van der Waals surface area (Å²) in [6.45, 7) is 2.87. The van der Waals surface area contributed by atoms with Gasteiger partial charge in [0.05, 0.1) is 18.6 Å². The van der Waals surface area contributed by atoms with Gasteiger partial charge in [-0.05, 0) is 56.4 Å². The molecule has 0 radical (unpaired) electrons. The fraction of sp³-hybridized carbons (Fsp3) is 0.421. The number of anilines is 1. The van der Waals surface area contributed by atoms with Crippen LogP contribution in [-0.4, -0.2) is 32.5 Å². The van der Waals surface area contributed by atoms with Crippen LogP contribution in [0.5, 0.6) is 0 Å². The lowest BCUT2D eigenvalue weighted by Crippen LogP contribution is -2.25. The molecule has 0 amide bonds. The van der Waals surface area contributed by atoms with Crippen molar-refractivity contribution in [3.05, 3.63) is 47.8 Å². The van der Waals surface area contributed by atoms with Crippen LogP contribution in [0.2, 0.25) is 0 Å². The summed E-state index contributed by atoms with van der Waals surface area (Å²) in [4.78, 5) is 18.6. The third kappa shape index (κ3) is 3.26. The Kier molecular flexibility index (Phi) is 4.55. The number of rotatable bonds is 5. The smallest absolute Gasteiger partial charge is 0.159 e. The summed E-state index contributed by atoms with van der Waals surface area (Å²) in [5.74, 6) is 0.583. The molecule has 1 unspecified atom stereocenters. The number of halogens is 1. The molecule has 3 aromatic heterocycles. The molecule has 136 valence electrons. The normalized spacial score (nSPS) is 18.6. The molecule has 3 N–H and O–H groups in total. The second-order valence-electron chi connectivity index (χ2n) is 7.00. The number of pyridine rings is 2. The minimum absolute atomic E-state index is 0.0779. The van der Waals surface area contributed by atoms with Crippen molar-refractivity contribution in [2.45, 2.75) is 44.7 Å². The average molecular weight is 354 g/mol. The van der Waals surface area contributed by atoms with E-state index in [1.54, 1.807) is 12.4 Å². The van der Waals surface area contributed by atoms with Gasteiger partial charge in [0.1, 0.15) is 17.2 Å². The topological polar surface area (TPSA) is 83.7 Å². The predicted molar refractivity (Wildman–Crippen MR) is 99.4 cm³/mol. The molecule has 2 atom stereocenters. The SMILES string of the molecule is CC(N)CCc1ncc(F)cc1[C@H]1CCCN1c1ccc2nc[nH]c2n1. The van der Waals surface area contributed by atoms with Crippen molar-refractivity contribution < 1.29 is 4.39 Å². The molecular formula is C19H23FN6. The van der Waals surface area contributed by atoms with Crippen molar-refractivity contribution in [1.29, 1.82) is 0 Å². The summed E-state index contributed by atoms with van der Waals surface area (Å²) in [6.07, 6.45) is 6.52. The molecule has 0 spiro atoms. The molecule has 1 fully saturated rings. The molecule has 7 heteroatoms. The van der Waals surface area contributed by atoms with Crippen LogP contribution in [0.15, 0.2) is 30.7 Å². The van der Waals surface area contributed by atoms with E-state index in [-0.39, 0.29) is 17.9 Å². The number of aromatic nitrogens is 4. The van der Waals surface area contributed by atoms with E-state index >= 15 is 0 Å². The number of fused-ring (bicyclic) bond motifs is 1. The van der Waals surface area contributed by atoms with E-state index in [1.807, 2.05) is 19.1 Å². The molecule has 0 aromatic carbocycles. The summed E-state index contributed by atoms with van der Waals surface area (Å²) < 4.78 is 14.0. The van der Waals surface area contributed by atoms with Crippen molar-refractivity contribution in [3.8, 4) is 0 Å². The second-order valence-corrected chi connectivity index (χ2v) is 7.00. The molecular weight excluding hydrogens is 331 g/mol. The maximum absolute atomic E-state index is 14.0. The molecule has 4 rings (SSSR count). The fourth-order valence-corrected chi connectivity index (χ4v) is 3.68. The third-order valence-electron chi connectivity index (χ3n) is 4.98. The van der Waals surface area contributed by atoms with Crippen LogP contribution >= 0.6 is 0 Å². The number of hydrogen-bond donors (Lipinski definition) is 2. The molecule has 0 bridgehead atoms. The summed E-state index contributed by atoms with van der Waals surface area (Å²) in [5.41, 5.74) is 9.40. The van der Waals surface area contributed by atoms with E-state index in [0.717, 1.165) is 60.5 Å². The maximum Gasteiger partial charge on any atom is 0.159 e. The van der Waals surface area contributed by atoms with Crippen LogP contribution < -0.4 is 10.6 Å². The highest BCUT2D eigenvalue weighted by Crippen LogP contribution is 2.37. The number of imidazole rings is 1. The predicted octanol–water partition coefficient (Wildman–Crippen LogP) is 3.11. The minimum Gasteiger partial charge on any atom is -0.349 e. The highest BCUT2D eigenvalue weighted by Gasteiger charge is 2.30. The first-order chi connectivity index (χ1) is 12.6. The van der Waals surface area contributed by atoms with Gasteiger partial charge in [0.15, 0.2) is 5.65 Å². The van der Waals surface area contributed by atoms with E-state index in [2.05, 4.69) is 19.9 Å². The second kappa shape index (κ2) is 6.99. The van der Waals surface area contributed by atoms with Crippen molar-refractivity contribution >= 4 is 17.0 Å². The Balaban J connectivity index is 1.68. The van der Waals surface area contributed by atoms with Gasteiger partial charge in [-0.3, -0.25) is 4.98 Å². The zero-order valence-electron chi connectivity index (χ0n) is 14.8. The van der Waals surface area contributed by atoms with Crippen LogP contribution in [0.25, 0.3) is 11.2 Å². The lowest BCUT2D eigenvalue weighted by Gasteiger charge is -2.27. The number of nitrogens with one attached hydrogen (secondary N) is 1. The lowest BCUT2D eigenvalue weighted by molar-refractivity contribution is 0.595. The first kappa shape index (κ1) is 16.9. The van der Waals surface area contributed by atoms with Crippen molar-refractivity contribution in [1.82, 2.24) is 19.9 Å². The first-order valence-corrected chi connectivity index (χ1v) is 9.08. The highest BCUT2D eigenvalue weighted by molar-refractivity contribution is 5.72. The zero-order chi connectivity index (χ0) is 18.1. The molecule has 0 saturated carbocycles. The van der Waals surface area contributed by atoms with Gasteiger partial charge in [-0.1, -0.05) is 0 Å². The average Bonchev–Trinajstić information content (AvgIpc) is 3.28. The Hall–Kier alpha value is -2.54. The van der Waals surface area contributed by atoms with Crippen LogP contribution in [-0.2, 0) is 6.42 Å². The van der Waals surface area contributed by atoms with Crippen LogP contribution in [0.4, 0.5) is 10.2 Å². The number of hydrogen-bond acceptors (Lipinski definition) is 5. The highest BCUT2D eigenvalue weighted by atomic mass is 19.1. The molecule has 6 nitrogen and oxygen atoms in total. The van der Waals surface area contributed by atoms with E-state index < -0.39 is 0 Å². The Labute approximate surface area is 151 Å². The molecule has 4 heterocycles. The Bertz CT molecular complexity index is 906. The molecule has 1 aliphatic heterocycles. The maximum atomic E-state index is 14.0. The van der Waals surface area contributed by atoms with E-state index in [1.165, 1.54) is 6.20 Å². The summed E-state index contributed by atoms with van der Waals surface area (Å²) in [6, 6.07) is 5.74. The van der Waals surface area contributed by atoms with Crippen LogP contribution in [0, 0.1) is 5.82 Å². The van der Waals surface area contributed by atoms with Gasteiger partial charge < -0.3 is 15.6 Å². The zero-order valence-corrected chi connectivity index (χ0v) is 14.8. The van der Waals surface area contributed by atoms with Gasteiger partial charge in [-0.15, -0.1) is 0 Å². The van der Waals surface area contributed by atoms with Crippen molar-refractivity contribution in [3.63, 3.8) is 0 Å². The van der Waals surface area contributed by atoms with Crippen molar-refractivity contribution in [2.24, 2.45) is 5.73 Å². The van der Waals surface area contributed by atoms with Gasteiger partial charge >= 0.3 is 0 Å². The van der Waals surface area contributed by atoms with E-state index in [9.17, 15) is 4.39 Å². The Morgan fingerprint density at radius 1 is 1.38 bits per heavy atom. The third-order valence-corrected chi connectivity index (χ3v) is 4.98. The van der Waals surface area contributed by atoms with E-state index in [0.29, 0.717) is 0 Å². The van der Waals surface area contributed by atoms with Gasteiger partial charge in [-0.25, -0.2) is 14.4 Å². The molecule has 1 aliphatic rings. The Morgan fingerprint density at radius 2 is 2.27 bits per heavy atom. The van der Waals surface area contributed by atoms with Crippen molar-refractivity contribution in [2.75, 3.05) is 11.4 Å². The molecule has 26 heavy (non-hydrogen) atoms. The first-order valence-electron chi connectivity index (χ1n) is 9.08. The van der Waals surface area contributed by atoms with E-state index in [4.69, 9.17) is 10.7 Å². The number of H-pyrrole nitrogens is 1. The van der Waals surface area contributed by atoms with Gasteiger partial charge in [0, 0.05) is 18.3 Å². The van der Waals surface area contributed by atoms with Crippen LogP contribution in [0.1, 0.15) is 43.5 Å².